The molecule has 0 saturated carbocycles. The lowest BCUT2D eigenvalue weighted by atomic mass is 10.0. The summed E-state index contributed by atoms with van der Waals surface area (Å²) in [5.41, 5.74) is 3.43. The Morgan fingerprint density at radius 3 is 2.31 bits per heavy atom. The van der Waals surface area contributed by atoms with Gasteiger partial charge in [0.05, 0.1) is 6.61 Å². The minimum atomic E-state index is 0.219. The zero-order valence-electron chi connectivity index (χ0n) is 18.1. The lowest BCUT2D eigenvalue weighted by Gasteiger charge is -2.38. The van der Waals surface area contributed by atoms with Crippen molar-refractivity contribution in [3.63, 3.8) is 0 Å². The van der Waals surface area contributed by atoms with Gasteiger partial charge in [-0.05, 0) is 56.4 Å². The van der Waals surface area contributed by atoms with Crippen molar-refractivity contribution in [2.75, 3.05) is 31.1 Å². The Kier molecular flexibility index (Phi) is 7.70. The Morgan fingerprint density at radius 2 is 1.69 bits per heavy atom. The molecule has 2 aromatic rings. The number of amides is 1. The molecule has 1 fully saturated rings. The van der Waals surface area contributed by atoms with E-state index in [1.54, 1.807) is 0 Å². The fraction of sp³-hybridized carbons (Fsp3) is 0.480. The highest BCUT2D eigenvalue weighted by Gasteiger charge is 2.28. The van der Waals surface area contributed by atoms with Crippen LogP contribution < -0.4 is 9.64 Å². The largest absolute Gasteiger partial charge is 0.493 e. The summed E-state index contributed by atoms with van der Waals surface area (Å²) in [4.78, 5) is 17.1. The molecule has 0 spiro atoms. The van der Waals surface area contributed by atoms with Crippen LogP contribution in [0.15, 0.2) is 48.5 Å². The van der Waals surface area contributed by atoms with E-state index in [1.807, 2.05) is 42.2 Å². The van der Waals surface area contributed by atoms with E-state index in [9.17, 15) is 4.79 Å². The third-order valence-corrected chi connectivity index (χ3v) is 5.80. The van der Waals surface area contributed by atoms with Crippen molar-refractivity contribution in [3.8, 4) is 5.75 Å². The minimum Gasteiger partial charge on any atom is -0.493 e. The van der Waals surface area contributed by atoms with Crippen molar-refractivity contribution in [1.82, 2.24) is 4.90 Å². The number of nitrogens with zero attached hydrogens (tertiary/aromatic N) is 2. The molecular formula is C25H34N2O2. The van der Waals surface area contributed by atoms with Crippen molar-refractivity contribution < 1.29 is 9.53 Å². The number of anilines is 1. The van der Waals surface area contributed by atoms with Gasteiger partial charge >= 0.3 is 0 Å². The van der Waals surface area contributed by atoms with E-state index < -0.39 is 0 Å². The Hall–Kier alpha value is -2.33. The number of para-hydroxylation sites is 2. The van der Waals surface area contributed by atoms with E-state index in [4.69, 9.17) is 4.74 Å². The highest BCUT2D eigenvalue weighted by Crippen LogP contribution is 2.25. The van der Waals surface area contributed by atoms with Crippen LogP contribution in [0.2, 0.25) is 0 Å². The second-order valence-corrected chi connectivity index (χ2v) is 7.95. The van der Waals surface area contributed by atoms with Gasteiger partial charge in [0.2, 0.25) is 5.91 Å². The van der Waals surface area contributed by atoms with Crippen LogP contribution in [0, 0.1) is 13.8 Å². The maximum Gasteiger partial charge on any atom is 0.226 e. The molecule has 0 aromatic heterocycles. The molecule has 1 heterocycles. The van der Waals surface area contributed by atoms with Gasteiger partial charge in [0.25, 0.3) is 0 Å². The first-order valence-electron chi connectivity index (χ1n) is 10.9. The summed E-state index contributed by atoms with van der Waals surface area (Å²) in [5, 5.41) is 0. The van der Waals surface area contributed by atoms with Crippen molar-refractivity contribution in [2.45, 2.75) is 52.5 Å². The average molecular weight is 395 g/mol. The standard InChI is InChI=1S/C25H34N2O2/c1-4-24(28)27(22-12-6-5-7-13-22)23-14-17-26(18-15-23)16-9-19-29-25-20(2)10-8-11-21(25)3/h5-8,10-13,23H,4,9,14-19H2,1-3H3. The van der Waals surface area contributed by atoms with E-state index in [1.165, 1.54) is 11.1 Å². The quantitative estimate of drug-likeness (QED) is 0.592. The van der Waals surface area contributed by atoms with Gasteiger partial charge in [0, 0.05) is 37.8 Å². The number of piperidine rings is 1. The van der Waals surface area contributed by atoms with Gasteiger partial charge in [0.1, 0.15) is 5.75 Å². The predicted molar refractivity (Wildman–Crippen MR) is 120 cm³/mol. The van der Waals surface area contributed by atoms with Gasteiger partial charge < -0.3 is 14.5 Å². The van der Waals surface area contributed by atoms with Crippen LogP contribution in [0.25, 0.3) is 0 Å². The van der Waals surface area contributed by atoms with Gasteiger partial charge in [-0.25, -0.2) is 0 Å². The predicted octanol–water partition coefficient (Wildman–Crippen LogP) is 4.98. The van der Waals surface area contributed by atoms with Crippen molar-refractivity contribution in [1.29, 1.82) is 0 Å². The maximum atomic E-state index is 12.6. The number of carbonyl (C=O) groups is 1. The number of carbonyl (C=O) groups excluding carboxylic acids is 1. The topological polar surface area (TPSA) is 32.8 Å². The van der Waals surface area contributed by atoms with Gasteiger partial charge in [-0.2, -0.15) is 0 Å². The summed E-state index contributed by atoms with van der Waals surface area (Å²) >= 11 is 0. The lowest BCUT2D eigenvalue weighted by Crippen LogP contribution is -2.47. The van der Waals surface area contributed by atoms with Gasteiger partial charge in [-0.15, -0.1) is 0 Å². The van der Waals surface area contributed by atoms with Crippen molar-refractivity contribution in [3.05, 3.63) is 59.7 Å². The van der Waals surface area contributed by atoms with E-state index in [0.29, 0.717) is 12.5 Å². The van der Waals surface area contributed by atoms with Crippen LogP contribution in [-0.4, -0.2) is 43.1 Å². The zero-order valence-corrected chi connectivity index (χ0v) is 18.1. The molecule has 1 aliphatic heterocycles. The summed E-state index contributed by atoms with van der Waals surface area (Å²) in [5.74, 6) is 1.25. The maximum absolute atomic E-state index is 12.6. The smallest absolute Gasteiger partial charge is 0.226 e. The number of likely N-dealkylation sites (tertiary alicyclic amines) is 1. The van der Waals surface area contributed by atoms with Crippen molar-refractivity contribution in [2.24, 2.45) is 0 Å². The molecule has 1 aliphatic rings. The SMILES string of the molecule is CCC(=O)N(c1ccccc1)C1CCN(CCCOc2c(C)cccc2C)CC1. The number of hydrogen-bond donors (Lipinski definition) is 0. The molecule has 0 unspecified atom stereocenters. The average Bonchev–Trinajstić information content (AvgIpc) is 2.74. The highest BCUT2D eigenvalue weighted by atomic mass is 16.5. The number of rotatable bonds is 8. The van der Waals surface area contributed by atoms with Crippen molar-refractivity contribution >= 4 is 11.6 Å². The molecule has 156 valence electrons. The lowest BCUT2D eigenvalue weighted by molar-refractivity contribution is -0.119. The van der Waals surface area contributed by atoms with Gasteiger partial charge in [-0.3, -0.25) is 4.79 Å². The first-order valence-corrected chi connectivity index (χ1v) is 10.9. The second-order valence-electron chi connectivity index (χ2n) is 7.95. The Balaban J connectivity index is 1.46. The summed E-state index contributed by atoms with van der Waals surface area (Å²) in [6.45, 7) is 10.0. The molecule has 1 saturated heterocycles. The third kappa shape index (κ3) is 5.60. The molecule has 0 atom stereocenters. The fourth-order valence-corrected chi connectivity index (χ4v) is 4.21. The molecule has 29 heavy (non-hydrogen) atoms. The molecule has 4 nitrogen and oxygen atoms in total. The van der Waals surface area contributed by atoms with E-state index >= 15 is 0 Å². The number of ether oxygens (including phenoxy) is 1. The molecule has 0 radical (unpaired) electrons. The van der Waals surface area contributed by atoms with Crippen LogP contribution >= 0.6 is 0 Å². The van der Waals surface area contributed by atoms with Crippen LogP contribution in [0.1, 0.15) is 43.7 Å². The summed E-state index contributed by atoms with van der Waals surface area (Å²) in [7, 11) is 0. The van der Waals surface area contributed by atoms with E-state index in [0.717, 1.165) is 56.9 Å². The zero-order chi connectivity index (χ0) is 20.6. The first kappa shape index (κ1) is 21.4. The summed E-state index contributed by atoms with van der Waals surface area (Å²) < 4.78 is 6.04. The monoisotopic (exact) mass is 394 g/mol. The summed E-state index contributed by atoms with van der Waals surface area (Å²) in [6, 6.07) is 16.7. The molecule has 0 N–H and O–H groups in total. The molecule has 0 aliphatic carbocycles. The second kappa shape index (κ2) is 10.4. The third-order valence-electron chi connectivity index (χ3n) is 5.80. The molecular weight excluding hydrogens is 360 g/mol. The molecule has 2 aromatic carbocycles. The van der Waals surface area contributed by atoms with Crippen LogP contribution in [0.3, 0.4) is 0 Å². The van der Waals surface area contributed by atoms with Gasteiger partial charge in [0.15, 0.2) is 0 Å². The Morgan fingerprint density at radius 1 is 1.03 bits per heavy atom. The normalized spacial score (nSPS) is 15.3. The molecule has 1 amide bonds. The Labute approximate surface area is 175 Å². The minimum absolute atomic E-state index is 0.219. The molecule has 4 heteroatoms. The van der Waals surface area contributed by atoms with Gasteiger partial charge in [-0.1, -0.05) is 43.3 Å². The molecule has 0 bridgehead atoms. The number of benzene rings is 2. The first-order chi connectivity index (χ1) is 14.1. The molecule has 3 rings (SSSR count). The number of aryl methyl sites for hydroxylation is 2. The fourth-order valence-electron chi connectivity index (χ4n) is 4.21. The van der Waals surface area contributed by atoms with Crippen LogP contribution in [-0.2, 0) is 4.79 Å². The van der Waals surface area contributed by atoms with Crippen LogP contribution in [0.5, 0.6) is 5.75 Å². The van der Waals surface area contributed by atoms with E-state index in [-0.39, 0.29) is 5.91 Å². The van der Waals surface area contributed by atoms with E-state index in [2.05, 4.69) is 36.9 Å². The summed E-state index contributed by atoms with van der Waals surface area (Å²) in [6.07, 6.45) is 3.62. The highest BCUT2D eigenvalue weighted by molar-refractivity contribution is 5.93. The van der Waals surface area contributed by atoms with Crippen LogP contribution in [0.4, 0.5) is 5.69 Å². The number of hydrogen-bond acceptors (Lipinski definition) is 3. The Bertz CT molecular complexity index is 762.